The highest BCUT2D eigenvalue weighted by molar-refractivity contribution is 5.26. The molecule has 1 atom stereocenters. The van der Waals surface area contributed by atoms with Crippen LogP contribution in [-0.4, -0.2) is 9.55 Å². The summed E-state index contributed by atoms with van der Waals surface area (Å²) in [5.41, 5.74) is 8.04. The Labute approximate surface area is 89.6 Å². The maximum absolute atomic E-state index is 5.62. The molecule has 0 amide bonds. The molecular weight excluding hydrogens is 186 g/mol. The van der Waals surface area contributed by atoms with Gasteiger partial charge in [-0.2, -0.15) is 0 Å². The van der Waals surface area contributed by atoms with Crippen LogP contribution in [0.5, 0.6) is 0 Å². The highest BCUT2D eigenvalue weighted by Crippen LogP contribution is 2.18. The van der Waals surface area contributed by atoms with Crippen LogP contribution in [0.1, 0.15) is 24.1 Å². The molecular formula is C12H15N3. The Morgan fingerprint density at radius 2 is 2.33 bits per heavy atom. The van der Waals surface area contributed by atoms with Gasteiger partial charge in [-0.25, -0.2) is 4.98 Å². The fourth-order valence-electron chi connectivity index (χ4n) is 1.65. The van der Waals surface area contributed by atoms with Crippen molar-refractivity contribution in [3.63, 3.8) is 0 Å². The van der Waals surface area contributed by atoms with E-state index in [1.807, 2.05) is 24.7 Å². The first-order valence-electron chi connectivity index (χ1n) is 5.07. The minimum Gasteiger partial charge on any atom is -0.330 e. The van der Waals surface area contributed by atoms with E-state index in [1.54, 1.807) is 6.20 Å². The van der Waals surface area contributed by atoms with Crippen LogP contribution in [0.2, 0.25) is 0 Å². The molecule has 2 rings (SSSR count). The van der Waals surface area contributed by atoms with Crippen molar-refractivity contribution in [2.24, 2.45) is 5.73 Å². The summed E-state index contributed by atoms with van der Waals surface area (Å²) in [5.74, 6) is 0. The van der Waals surface area contributed by atoms with Gasteiger partial charge in [-0.1, -0.05) is 24.3 Å². The average Bonchev–Trinajstić information content (AvgIpc) is 2.81. The third kappa shape index (κ3) is 2.07. The van der Waals surface area contributed by atoms with Gasteiger partial charge in [0.25, 0.3) is 0 Å². The van der Waals surface area contributed by atoms with E-state index in [2.05, 4.69) is 28.6 Å². The Morgan fingerprint density at radius 1 is 1.47 bits per heavy atom. The Bertz CT molecular complexity index is 420. The Balaban J connectivity index is 2.29. The van der Waals surface area contributed by atoms with Gasteiger partial charge >= 0.3 is 0 Å². The van der Waals surface area contributed by atoms with Crippen molar-refractivity contribution in [1.82, 2.24) is 9.55 Å². The van der Waals surface area contributed by atoms with E-state index in [0.29, 0.717) is 12.6 Å². The fourth-order valence-corrected chi connectivity index (χ4v) is 1.65. The largest absolute Gasteiger partial charge is 0.330 e. The molecule has 0 aliphatic carbocycles. The van der Waals surface area contributed by atoms with Crippen LogP contribution in [-0.2, 0) is 6.54 Å². The van der Waals surface area contributed by atoms with Crippen LogP contribution in [0.25, 0.3) is 0 Å². The molecule has 0 spiro atoms. The molecule has 2 aromatic rings. The standard InChI is InChI=1S/C12H15N3/c1-10(15-6-5-14-9-15)12-4-2-3-11(7-12)8-13/h2-7,9-10H,8,13H2,1H3. The first-order valence-corrected chi connectivity index (χ1v) is 5.07. The van der Waals surface area contributed by atoms with E-state index < -0.39 is 0 Å². The highest BCUT2D eigenvalue weighted by atomic mass is 15.0. The van der Waals surface area contributed by atoms with Crippen LogP contribution in [0.3, 0.4) is 0 Å². The molecule has 0 radical (unpaired) electrons. The second kappa shape index (κ2) is 4.28. The molecule has 1 unspecified atom stereocenters. The number of rotatable bonds is 3. The lowest BCUT2D eigenvalue weighted by molar-refractivity contribution is 0.637. The number of nitrogens with zero attached hydrogens (tertiary/aromatic N) is 2. The quantitative estimate of drug-likeness (QED) is 0.824. The molecule has 0 aliphatic heterocycles. The van der Waals surface area contributed by atoms with Crippen molar-refractivity contribution in [3.05, 3.63) is 54.1 Å². The Kier molecular flexibility index (Phi) is 2.83. The lowest BCUT2D eigenvalue weighted by Crippen LogP contribution is -2.05. The van der Waals surface area contributed by atoms with Crippen molar-refractivity contribution < 1.29 is 0 Å². The summed E-state index contributed by atoms with van der Waals surface area (Å²) in [4.78, 5) is 4.05. The highest BCUT2D eigenvalue weighted by Gasteiger charge is 2.06. The Hall–Kier alpha value is -1.61. The zero-order valence-corrected chi connectivity index (χ0v) is 8.80. The van der Waals surface area contributed by atoms with Gasteiger partial charge in [0.15, 0.2) is 0 Å². The van der Waals surface area contributed by atoms with E-state index in [4.69, 9.17) is 5.73 Å². The van der Waals surface area contributed by atoms with Crippen LogP contribution in [0.4, 0.5) is 0 Å². The van der Waals surface area contributed by atoms with Gasteiger partial charge in [-0.05, 0) is 18.1 Å². The molecule has 2 N–H and O–H groups in total. The predicted octanol–water partition coefficient (Wildman–Crippen LogP) is 1.95. The first kappa shape index (κ1) is 9.93. The summed E-state index contributed by atoms with van der Waals surface area (Å²) in [6, 6.07) is 8.66. The first-order chi connectivity index (χ1) is 7.31. The van der Waals surface area contributed by atoms with Crippen molar-refractivity contribution in [2.45, 2.75) is 19.5 Å². The molecule has 1 heterocycles. The van der Waals surface area contributed by atoms with E-state index in [9.17, 15) is 0 Å². The molecule has 15 heavy (non-hydrogen) atoms. The molecule has 0 saturated heterocycles. The lowest BCUT2D eigenvalue weighted by Gasteiger charge is -2.14. The van der Waals surface area contributed by atoms with Gasteiger partial charge < -0.3 is 10.3 Å². The third-order valence-corrected chi connectivity index (χ3v) is 2.64. The molecule has 3 heteroatoms. The van der Waals surface area contributed by atoms with Crippen LogP contribution in [0, 0.1) is 0 Å². The number of hydrogen-bond acceptors (Lipinski definition) is 2. The van der Waals surface area contributed by atoms with Crippen molar-refractivity contribution in [2.75, 3.05) is 0 Å². The summed E-state index contributed by atoms with van der Waals surface area (Å²) >= 11 is 0. The van der Waals surface area contributed by atoms with Gasteiger partial charge in [-0.3, -0.25) is 0 Å². The molecule has 3 nitrogen and oxygen atoms in total. The van der Waals surface area contributed by atoms with Gasteiger partial charge in [0, 0.05) is 18.9 Å². The number of hydrogen-bond donors (Lipinski definition) is 1. The molecule has 1 aromatic carbocycles. The molecule has 0 aliphatic rings. The average molecular weight is 201 g/mol. The monoisotopic (exact) mass is 201 g/mol. The molecule has 0 saturated carbocycles. The summed E-state index contributed by atoms with van der Waals surface area (Å²) < 4.78 is 2.08. The predicted molar refractivity (Wildman–Crippen MR) is 60.4 cm³/mol. The van der Waals surface area contributed by atoms with E-state index in [1.165, 1.54) is 11.1 Å². The van der Waals surface area contributed by atoms with Gasteiger partial charge in [0.1, 0.15) is 0 Å². The van der Waals surface area contributed by atoms with E-state index in [-0.39, 0.29) is 0 Å². The second-order valence-corrected chi connectivity index (χ2v) is 3.64. The minimum atomic E-state index is 0.305. The summed E-state index contributed by atoms with van der Waals surface area (Å²) in [7, 11) is 0. The van der Waals surface area contributed by atoms with E-state index in [0.717, 1.165) is 0 Å². The van der Waals surface area contributed by atoms with Crippen LogP contribution in [0.15, 0.2) is 43.0 Å². The minimum absolute atomic E-state index is 0.305. The Morgan fingerprint density at radius 3 is 3.00 bits per heavy atom. The van der Waals surface area contributed by atoms with E-state index >= 15 is 0 Å². The third-order valence-electron chi connectivity index (χ3n) is 2.64. The number of imidazole rings is 1. The number of aromatic nitrogens is 2. The summed E-state index contributed by atoms with van der Waals surface area (Å²) in [5, 5.41) is 0. The van der Waals surface area contributed by atoms with Crippen molar-refractivity contribution in [1.29, 1.82) is 0 Å². The van der Waals surface area contributed by atoms with Gasteiger partial charge in [0.2, 0.25) is 0 Å². The summed E-state index contributed by atoms with van der Waals surface area (Å²) in [6.45, 7) is 2.74. The van der Waals surface area contributed by atoms with Crippen molar-refractivity contribution in [3.8, 4) is 0 Å². The zero-order valence-electron chi connectivity index (χ0n) is 8.80. The molecule has 0 fully saturated rings. The number of nitrogens with two attached hydrogens (primary N) is 1. The normalized spacial score (nSPS) is 12.7. The molecule has 78 valence electrons. The van der Waals surface area contributed by atoms with Crippen LogP contribution < -0.4 is 5.73 Å². The molecule has 1 aromatic heterocycles. The van der Waals surface area contributed by atoms with Crippen LogP contribution >= 0.6 is 0 Å². The topological polar surface area (TPSA) is 43.8 Å². The van der Waals surface area contributed by atoms with Gasteiger partial charge in [0.05, 0.1) is 12.4 Å². The molecule has 0 bridgehead atoms. The van der Waals surface area contributed by atoms with Crippen molar-refractivity contribution >= 4 is 0 Å². The summed E-state index contributed by atoms with van der Waals surface area (Å²) in [6.07, 6.45) is 5.60. The maximum Gasteiger partial charge on any atom is 0.0951 e. The SMILES string of the molecule is CC(c1cccc(CN)c1)n1ccnc1. The lowest BCUT2D eigenvalue weighted by atomic mass is 10.1. The maximum atomic E-state index is 5.62. The number of benzene rings is 1. The van der Waals surface area contributed by atoms with Gasteiger partial charge in [-0.15, -0.1) is 0 Å². The zero-order chi connectivity index (χ0) is 10.7. The fraction of sp³-hybridized carbons (Fsp3) is 0.250. The second-order valence-electron chi connectivity index (χ2n) is 3.64. The smallest absolute Gasteiger partial charge is 0.0951 e.